The van der Waals surface area contributed by atoms with Gasteiger partial charge in [0.1, 0.15) is 19.3 Å². The van der Waals surface area contributed by atoms with E-state index in [0.29, 0.717) is 25.7 Å². The molecule has 0 saturated carbocycles. The van der Waals surface area contributed by atoms with Crippen molar-refractivity contribution in [3.05, 3.63) is 0 Å². The predicted molar refractivity (Wildman–Crippen MR) is 377 cm³/mol. The molecule has 3 N–H and O–H groups in total. The number of aliphatic hydroxyl groups excluding tert-OH is 1. The largest absolute Gasteiger partial charge is 0.472 e. The third-order valence-electron chi connectivity index (χ3n) is 17.3. The number of ether oxygens (including phenoxy) is 4. The fraction of sp³-hybridized carbons (Fsp3) is 0.946. The van der Waals surface area contributed by atoms with Crippen LogP contribution < -0.4 is 0 Å². The van der Waals surface area contributed by atoms with Crippen LogP contribution in [0.3, 0.4) is 0 Å². The zero-order valence-electron chi connectivity index (χ0n) is 60.4. The lowest BCUT2D eigenvalue weighted by Gasteiger charge is -2.21. The van der Waals surface area contributed by atoms with Gasteiger partial charge in [0.15, 0.2) is 12.2 Å². The average molecular weight is 1370 g/mol. The normalized spacial score (nSPS) is 14.0. The molecule has 0 fully saturated rings. The van der Waals surface area contributed by atoms with Crippen molar-refractivity contribution in [1.82, 2.24) is 0 Å². The summed E-state index contributed by atoms with van der Waals surface area (Å²) >= 11 is 0. The molecule has 0 aromatic heterocycles. The fourth-order valence-corrected chi connectivity index (χ4v) is 12.9. The highest BCUT2D eigenvalue weighted by Crippen LogP contribution is 2.45. The topological polar surface area (TPSA) is 237 Å². The maximum Gasteiger partial charge on any atom is 0.472 e. The highest BCUT2D eigenvalue weighted by molar-refractivity contribution is 7.47. The van der Waals surface area contributed by atoms with Gasteiger partial charge in [0.2, 0.25) is 0 Å². The van der Waals surface area contributed by atoms with Crippen LogP contribution in [0.5, 0.6) is 0 Å². The summed E-state index contributed by atoms with van der Waals surface area (Å²) in [5, 5.41) is 10.6. The Morgan fingerprint density at radius 2 is 0.495 bits per heavy atom. The van der Waals surface area contributed by atoms with Crippen LogP contribution in [-0.4, -0.2) is 96.7 Å². The molecule has 0 aliphatic heterocycles. The monoisotopic (exact) mass is 1370 g/mol. The smallest absolute Gasteiger partial charge is 0.462 e. The summed E-state index contributed by atoms with van der Waals surface area (Å²) in [5.74, 6) is -1.34. The molecule has 0 radical (unpaired) electrons. The molecule has 0 heterocycles. The van der Waals surface area contributed by atoms with Gasteiger partial charge in [-0.3, -0.25) is 37.3 Å². The van der Waals surface area contributed by atoms with Gasteiger partial charge in [-0.05, 0) is 31.6 Å². The molecule has 0 spiro atoms. The fourth-order valence-electron chi connectivity index (χ4n) is 11.4. The number of unbranched alkanes of at least 4 members (excludes halogenated alkanes) is 46. The minimum Gasteiger partial charge on any atom is -0.462 e. The van der Waals surface area contributed by atoms with E-state index >= 15 is 0 Å². The Kier molecular flexibility index (Phi) is 65.9. The van der Waals surface area contributed by atoms with Gasteiger partial charge in [-0.1, -0.05) is 336 Å². The molecule has 0 amide bonds. The molecule has 5 atom stereocenters. The van der Waals surface area contributed by atoms with Crippen LogP contribution in [0.1, 0.15) is 388 Å². The summed E-state index contributed by atoms with van der Waals surface area (Å²) in [5.41, 5.74) is 0. The molecular weight excluding hydrogens is 1220 g/mol. The Bertz CT molecular complexity index is 1790. The van der Waals surface area contributed by atoms with Gasteiger partial charge in [-0.2, -0.15) is 0 Å². The standard InChI is InChI=1S/C74H144O17P2/c1-6-9-12-15-18-21-23-25-27-29-33-38-43-48-53-58-72(77)85-64-70(91-74(79)60-55-50-45-40-35-31-30-32-37-41-46-51-56-67(4)5)66-89-93(82,83)87-62-68(75)61-86-92(80,81)88-65-69(63-84-71(76)57-52-47-42-36-20-17-14-11-8-3)90-73(78)59-54-49-44-39-34-28-26-24-22-19-16-13-10-7-2/h67-70,75H,6-66H2,1-5H3,(H,80,81)(H,82,83)/t68-,69+,70+/m0/s1. The third kappa shape index (κ3) is 68.4. The second-order valence-electron chi connectivity index (χ2n) is 27.2. The van der Waals surface area contributed by atoms with Crippen LogP contribution in [0, 0.1) is 5.92 Å². The number of hydrogen-bond donors (Lipinski definition) is 3. The molecule has 93 heavy (non-hydrogen) atoms. The quantitative estimate of drug-likeness (QED) is 0.0222. The molecule has 0 aromatic carbocycles. The minimum atomic E-state index is -4.95. The summed E-state index contributed by atoms with van der Waals surface area (Å²) in [7, 11) is -9.90. The lowest BCUT2D eigenvalue weighted by atomic mass is 10.0. The molecule has 0 bridgehead atoms. The Morgan fingerprint density at radius 3 is 0.731 bits per heavy atom. The summed E-state index contributed by atoms with van der Waals surface area (Å²) in [6.07, 6.45) is 55.3. The van der Waals surface area contributed by atoms with Crippen LogP contribution in [0.4, 0.5) is 0 Å². The Balaban J connectivity index is 5.23. The van der Waals surface area contributed by atoms with E-state index < -0.39 is 97.5 Å². The summed E-state index contributed by atoms with van der Waals surface area (Å²) < 4.78 is 68.4. The number of carbonyl (C=O) groups excluding carboxylic acids is 4. The van der Waals surface area contributed by atoms with Crippen molar-refractivity contribution in [2.24, 2.45) is 5.92 Å². The van der Waals surface area contributed by atoms with Crippen LogP contribution in [-0.2, 0) is 65.4 Å². The number of phosphoric acid groups is 2. The highest BCUT2D eigenvalue weighted by Gasteiger charge is 2.30. The van der Waals surface area contributed by atoms with Crippen molar-refractivity contribution in [2.75, 3.05) is 39.6 Å². The zero-order chi connectivity index (χ0) is 68.4. The van der Waals surface area contributed by atoms with Crippen molar-refractivity contribution in [3.8, 4) is 0 Å². The van der Waals surface area contributed by atoms with E-state index in [1.165, 1.54) is 212 Å². The highest BCUT2D eigenvalue weighted by atomic mass is 31.2. The van der Waals surface area contributed by atoms with Crippen LogP contribution >= 0.6 is 15.6 Å². The van der Waals surface area contributed by atoms with Gasteiger partial charge in [-0.15, -0.1) is 0 Å². The van der Waals surface area contributed by atoms with Gasteiger partial charge in [0, 0.05) is 25.7 Å². The zero-order valence-corrected chi connectivity index (χ0v) is 62.2. The molecule has 2 unspecified atom stereocenters. The SMILES string of the molecule is CCCCCCCCCCCCCCCCCC(=O)OC[C@H](COP(=O)(O)OC[C@@H](O)COP(=O)(O)OC[C@@H](COC(=O)CCCCCCCCCCC)OC(=O)CCCCCCCCCCCCCCCC)OC(=O)CCCCCCCCCCCCCCC(C)C. The summed E-state index contributed by atoms with van der Waals surface area (Å²) in [6, 6.07) is 0. The van der Waals surface area contributed by atoms with E-state index in [9.17, 15) is 43.2 Å². The maximum atomic E-state index is 13.1. The number of rotatable bonds is 74. The number of aliphatic hydroxyl groups is 1. The van der Waals surface area contributed by atoms with Crippen molar-refractivity contribution < 1.29 is 80.2 Å². The van der Waals surface area contributed by atoms with E-state index in [1.807, 2.05) is 0 Å². The van der Waals surface area contributed by atoms with Crippen molar-refractivity contribution >= 4 is 39.5 Å². The lowest BCUT2D eigenvalue weighted by Crippen LogP contribution is -2.30. The van der Waals surface area contributed by atoms with E-state index in [1.54, 1.807) is 0 Å². The Morgan fingerprint density at radius 1 is 0.290 bits per heavy atom. The predicted octanol–water partition coefficient (Wildman–Crippen LogP) is 21.7. The third-order valence-corrected chi connectivity index (χ3v) is 19.2. The summed E-state index contributed by atoms with van der Waals surface area (Å²) in [6.45, 7) is 7.28. The Hall–Kier alpha value is -1.94. The Labute approximate surface area is 568 Å². The molecule has 0 saturated heterocycles. The van der Waals surface area contributed by atoms with Crippen molar-refractivity contribution in [2.45, 2.75) is 406 Å². The van der Waals surface area contributed by atoms with Crippen LogP contribution in [0.2, 0.25) is 0 Å². The van der Waals surface area contributed by atoms with E-state index in [2.05, 4.69) is 34.6 Å². The van der Waals surface area contributed by atoms with Crippen LogP contribution in [0.25, 0.3) is 0 Å². The van der Waals surface area contributed by atoms with E-state index in [0.717, 1.165) is 95.8 Å². The van der Waals surface area contributed by atoms with Crippen molar-refractivity contribution in [1.29, 1.82) is 0 Å². The van der Waals surface area contributed by atoms with E-state index in [-0.39, 0.29) is 25.7 Å². The molecule has 0 aliphatic carbocycles. The number of esters is 4. The second kappa shape index (κ2) is 67.3. The number of hydrogen-bond acceptors (Lipinski definition) is 15. The number of carbonyl (C=O) groups is 4. The molecule has 17 nitrogen and oxygen atoms in total. The second-order valence-corrected chi connectivity index (χ2v) is 30.1. The van der Waals surface area contributed by atoms with Crippen molar-refractivity contribution in [3.63, 3.8) is 0 Å². The first-order valence-corrected chi connectivity index (χ1v) is 41.6. The first-order valence-electron chi connectivity index (χ1n) is 38.6. The van der Waals surface area contributed by atoms with Gasteiger partial charge in [0.05, 0.1) is 26.4 Å². The van der Waals surface area contributed by atoms with E-state index in [4.69, 9.17) is 37.0 Å². The maximum absolute atomic E-state index is 13.1. The number of phosphoric ester groups is 2. The van der Waals surface area contributed by atoms with Gasteiger partial charge in [0.25, 0.3) is 0 Å². The molecule has 0 aromatic rings. The lowest BCUT2D eigenvalue weighted by molar-refractivity contribution is -0.161. The molecule has 0 rings (SSSR count). The average Bonchev–Trinajstić information content (AvgIpc) is 1.89. The molecule has 0 aliphatic rings. The summed E-state index contributed by atoms with van der Waals surface area (Å²) in [4.78, 5) is 72.7. The molecule has 19 heteroatoms. The first-order chi connectivity index (χ1) is 45.0. The van der Waals surface area contributed by atoms with Gasteiger partial charge < -0.3 is 33.8 Å². The minimum absolute atomic E-state index is 0.108. The first kappa shape index (κ1) is 91.1. The van der Waals surface area contributed by atoms with Gasteiger partial charge in [-0.25, -0.2) is 9.13 Å². The van der Waals surface area contributed by atoms with Crippen LogP contribution in [0.15, 0.2) is 0 Å². The molecular formula is C74H144O17P2. The molecule has 552 valence electrons. The van der Waals surface area contributed by atoms with Gasteiger partial charge >= 0.3 is 39.5 Å².